The minimum absolute atomic E-state index is 0.579. The number of hydrogen-bond acceptors (Lipinski definition) is 1. The lowest BCUT2D eigenvalue weighted by molar-refractivity contribution is 0.0416. The largest absolute Gasteiger partial charge is 0.375 e. The van der Waals surface area contributed by atoms with Gasteiger partial charge in [-0.3, -0.25) is 0 Å². The lowest BCUT2D eigenvalue weighted by atomic mass is 10.1. The molecule has 0 aliphatic carbocycles. The molecule has 0 aromatic heterocycles. The van der Waals surface area contributed by atoms with Crippen molar-refractivity contribution in [3.8, 4) is 0 Å². The summed E-state index contributed by atoms with van der Waals surface area (Å²) >= 11 is 0. The molecule has 0 amide bonds. The van der Waals surface area contributed by atoms with Gasteiger partial charge in [0.15, 0.2) is 0 Å². The lowest BCUT2D eigenvalue weighted by Crippen LogP contribution is -2.08. The molecule has 0 bridgehead atoms. The standard InChI is InChI=1S/C8H16O/c1-3-7-5-6-8(4-2)9-7/h7-8H,3-6H2,1-2H3. The molecule has 2 atom stereocenters. The first kappa shape index (κ1) is 7.07. The first-order valence-corrected chi connectivity index (χ1v) is 4.02. The predicted octanol–water partition coefficient (Wildman–Crippen LogP) is 2.35. The zero-order chi connectivity index (χ0) is 6.69. The summed E-state index contributed by atoms with van der Waals surface area (Å²) in [7, 11) is 0. The maximum atomic E-state index is 5.66. The molecule has 1 saturated heterocycles. The van der Waals surface area contributed by atoms with E-state index in [0.717, 1.165) is 0 Å². The molecule has 1 heterocycles. The predicted molar refractivity (Wildman–Crippen MR) is 38.5 cm³/mol. The SMILES string of the molecule is CCC1CCC(CC)O1. The molecule has 0 aromatic carbocycles. The molecule has 0 saturated carbocycles. The molecule has 0 aromatic rings. The van der Waals surface area contributed by atoms with E-state index in [1.807, 2.05) is 0 Å². The molecule has 1 heteroatoms. The number of hydrogen-bond donors (Lipinski definition) is 0. The average molecular weight is 128 g/mol. The fourth-order valence-corrected chi connectivity index (χ4v) is 1.38. The van der Waals surface area contributed by atoms with Crippen LogP contribution in [0.2, 0.25) is 0 Å². The molecule has 2 unspecified atom stereocenters. The molecule has 0 N–H and O–H groups in total. The van der Waals surface area contributed by atoms with Crippen LogP contribution >= 0.6 is 0 Å². The van der Waals surface area contributed by atoms with Gasteiger partial charge in [-0.05, 0) is 25.7 Å². The minimum atomic E-state index is 0.579. The van der Waals surface area contributed by atoms with Crippen molar-refractivity contribution in [2.24, 2.45) is 0 Å². The lowest BCUT2D eigenvalue weighted by Gasteiger charge is -2.08. The van der Waals surface area contributed by atoms with E-state index in [-0.39, 0.29) is 0 Å². The van der Waals surface area contributed by atoms with Crippen molar-refractivity contribution in [3.63, 3.8) is 0 Å². The van der Waals surface area contributed by atoms with Crippen molar-refractivity contribution >= 4 is 0 Å². The van der Waals surface area contributed by atoms with Crippen molar-refractivity contribution in [1.82, 2.24) is 0 Å². The topological polar surface area (TPSA) is 9.23 Å². The van der Waals surface area contributed by atoms with Crippen LogP contribution in [0.4, 0.5) is 0 Å². The molecule has 0 radical (unpaired) electrons. The van der Waals surface area contributed by atoms with Crippen LogP contribution in [-0.4, -0.2) is 12.2 Å². The van der Waals surface area contributed by atoms with Crippen molar-refractivity contribution in [1.29, 1.82) is 0 Å². The second-order valence-electron chi connectivity index (χ2n) is 2.77. The zero-order valence-corrected chi connectivity index (χ0v) is 6.39. The van der Waals surface area contributed by atoms with Crippen LogP contribution in [0.3, 0.4) is 0 Å². The molecule has 9 heavy (non-hydrogen) atoms. The number of rotatable bonds is 2. The Morgan fingerprint density at radius 1 is 1.11 bits per heavy atom. The van der Waals surface area contributed by atoms with E-state index >= 15 is 0 Å². The third-order valence-electron chi connectivity index (χ3n) is 2.11. The molecular formula is C8H16O. The molecular weight excluding hydrogens is 112 g/mol. The Morgan fingerprint density at radius 3 is 1.78 bits per heavy atom. The van der Waals surface area contributed by atoms with E-state index in [4.69, 9.17) is 4.74 Å². The summed E-state index contributed by atoms with van der Waals surface area (Å²) in [6, 6.07) is 0. The minimum Gasteiger partial charge on any atom is -0.375 e. The van der Waals surface area contributed by atoms with E-state index in [1.54, 1.807) is 0 Å². The van der Waals surface area contributed by atoms with Gasteiger partial charge in [0.25, 0.3) is 0 Å². The Hall–Kier alpha value is -0.0400. The van der Waals surface area contributed by atoms with Gasteiger partial charge in [0.1, 0.15) is 0 Å². The fourth-order valence-electron chi connectivity index (χ4n) is 1.38. The summed E-state index contributed by atoms with van der Waals surface area (Å²) < 4.78 is 5.66. The maximum absolute atomic E-state index is 5.66. The van der Waals surface area contributed by atoms with Crippen molar-refractivity contribution < 1.29 is 4.74 Å². The summed E-state index contributed by atoms with van der Waals surface area (Å²) in [5, 5.41) is 0. The molecule has 1 aliphatic heterocycles. The summed E-state index contributed by atoms with van der Waals surface area (Å²) in [6.07, 6.45) is 6.11. The first-order chi connectivity index (χ1) is 4.36. The van der Waals surface area contributed by atoms with E-state index in [0.29, 0.717) is 12.2 Å². The molecule has 0 spiro atoms. The van der Waals surface area contributed by atoms with Crippen LogP contribution in [0.1, 0.15) is 39.5 Å². The van der Waals surface area contributed by atoms with Crippen molar-refractivity contribution in [2.75, 3.05) is 0 Å². The maximum Gasteiger partial charge on any atom is 0.0577 e. The Morgan fingerprint density at radius 2 is 1.56 bits per heavy atom. The smallest absolute Gasteiger partial charge is 0.0577 e. The Kier molecular flexibility index (Phi) is 2.52. The van der Waals surface area contributed by atoms with E-state index < -0.39 is 0 Å². The van der Waals surface area contributed by atoms with E-state index in [9.17, 15) is 0 Å². The monoisotopic (exact) mass is 128 g/mol. The normalized spacial score (nSPS) is 35.3. The Balaban J connectivity index is 2.20. The van der Waals surface area contributed by atoms with Crippen LogP contribution in [0, 0.1) is 0 Å². The van der Waals surface area contributed by atoms with Crippen LogP contribution in [-0.2, 0) is 4.74 Å². The Labute approximate surface area is 57.4 Å². The highest BCUT2D eigenvalue weighted by Gasteiger charge is 2.21. The summed E-state index contributed by atoms with van der Waals surface area (Å²) in [6.45, 7) is 4.39. The molecule has 1 aliphatic rings. The highest BCUT2D eigenvalue weighted by atomic mass is 16.5. The Bertz CT molecular complexity index is 70.6. The quantitative estimate of drug-likeness (QED) is 0.554. The van der Waals surface area contributed by atoms with Gasteiger partial charge in [-0.15, -0.1) is 0 Å². The van der Waals surface area contributed by atoms with Gasteiger partial charge in [0.05, 0.1) is 12.2 Å². The summed E-state index contributed by atoms with van der Waals surface area (Å²) in [5.41, 5.74) is 0. The van der Waals surface area contributed by atoms with Gasteiger partial charge in [0, 0.05) is 0 Å². The second kappa shape index (κ2) is 3.21. The molecule has 1 rings (SSSR count). The van der Waals surface area contributed by atoms with E-state index in [1.165, 1.54) is 25.7 Å². The molecule has 54 valence electrons. The second-order valence-corrected chi connectivity index (χ2v) is 2.77. The van der Waals surface area contributed by atoms with Gasteiger partial charge in [-0.25, -0.2) is 0 Å². The molecule has 1 nitrogen and oxygen atoms in total. The highest BCUT2D eigenvalue weighted by Crippen LogP contribution is 2.23. The van der Waals surface area contributed by atoms with Crippen LogP contribution in [0.25, 0.3) is 0 Å². The third kappa shape index (κ3) is 1.68. The first-order valence-electron chi connectivity index (χ1n) is 4.02. The summed E-state index contributed by atoms with van der Waals surface area (Å²) in [4.78, 5) is 0. The van der Waals surface area contributed by atoms with Crippen molar-refractivity contribution in [2.45, 2.75) is 51.7 Å². The van der Waals surface area contributed by atoms with Crippen LogP contribution in [0.5, 0.6) is 0 Å². The van der Waals surface area contributed by atoms with Gasteiger partial charge < -0.3 is 4.74 Å². The molecule has 1 fully saturated rings. The van der Waals surface area contributed by atoms with Crippen LogP contribution < -0.4 is 0 Å². The van der Waals surface area contributed by atoms with Crippen LogP contribution in [0.15, 0.2) is 0 Å². The zero-order valence-electron chi connectivity index (χ0n) is 6.39. The number of ether oxygens (including phenoxy) is 1. The van der Waals surface area contributed by atoms with Gasteiger partial charge in [-0.1, -0.05) is 13.8 Å². The van der Waals surface area contributed by atoms with E-state index in [2.05, 4.69) is 13.8 Å². The average Bonchev–Trinajstić information content (AvgIpc) is 2.34. The van der Waals surface area contributed by atoms with Gasteiger partial charge in [0.2, 0.25) is 0 Å². The third-order valence-corrected chi connectivity index (χ3v) is 2.11. The van der Waals surface area contributed by atoms with Gasteiger partial charge >= 0.3 is 0 Å². The summed E-state index contributed by atoms with van der Waals surface area (Å²) in [5.74, 6) is 0. The highest BCUT2D eigenvalue weighted by molar-refractivity contribution is 4.70. The van der Waals surface area contributed by atoms with Gasteiger partial charge in [-0.2, -0.15) is 0 Å². The fraction of sp³-hybridized carbons (Fsp3) is 1.00. The van der Waals surface area contributed by atoms with Crippen molar-refractivity contribution in [3.05, 3.63) is 0 Å².